The molecule has 1 N–H and O–H groups in total. The van der Waals surface area contributed by atoms with Gasteiger partial charge in [0.2, 0.25) is 5.91 Å². The summed E-state index contributed by atoms with van der Waals surface area (Å²) >= 11 is 1.24. The molecule has 4 nitrogen and oxygen atoms in total. The molecule has 4 rings (SSSR count). The number of carbonyl (C=O) groups is 2. The van der Waals surface area contributed by atoms with Gasteiger partial charge in [0.15, 0.2) is 0 Å². The van der Waals surface area contributed by atoms with Crippen molar-refractivity contribution in [1.82, 2.24) is 0 Å². The van der Waals surface area contributed by atoms with Crippen LogP contribution in [0, 0.1) is 12.8 Å². The molecule has 2 fully saturated rings. The number of carbonyl (C=O) groups excluding carboxylic acids is 1. The normalized spacial score (nSPS) is 21.1. The van der Waals surface area contributed by atoms with Crippen LogP contribution >= 0.6 is 11.3 Å². The zero-order valence-corrected chi connectivity index (χ0v) is 17.1. The van der Waals surface area contributed by atoms with Gasteiger partial charge in [0.05, 0.1) is 5.69 Å². The maximum absolute atomic E-state index is 13.1. The van der Waals surface area contributed by atoms with Gasteiger partial charge in [-0.2, -0.15) is 0 Å². The average Bonchev–Trinajstić information content (AvgIpc) is 3.18. The molecule has 1 atom stereocenters. The Bertz CT molecular complexity index is 882. The number of piperidine rings is 1. The SMILES string of the molecule is Cc1ccc(-c2ccsc2C(=O)O)c(N2C(=O)CCCC2C2CCCCC2)c1. The van der Waals surface area contributed by atoms with Crippen molar-refractivity contribution in [2.24, 2.45) is 5.92 Å². The quantitative estimate of drug-likeness (QED) is 0.700. The van der Waals surface area contributed by atoms with Crippen LogP contribution in [0.5, 0.6) is 0 Å². The van der Waals surface area contributed by atoms with E-state index in [4.69, 9.17) is 0 Å². The van der Waals surface area contributed by atoms with Crippen LogP contribution < -0.4 is 4.90 Å². The zero-order chi connectivity index (χ0) is 19.7. The fourth-order valence-electron chi connectivity index (χ4n) is 4.93. The molecule has 1 aliphatic heterocycles. The van der Waals surface area contributed by atoms with Gasteiger partial charge in [-0.3, -0.25) is 4.79 Å². The number of hydrogen-bond acceptors (Lipinski definition) is 3. The van der Waals surface area contributed by atoms with Gasteiger partial charge in [0.1, 0.15) is 4.88 Å². The highest BCUT2D eigenvalue weighted by molar-refractivity contribution is 7.12. The molecule has 2 heterocycles. The van der Waals surface area contributed by atoms with Crippen LogP contribution in [-0.4, -0.2) is 23.0 Å². The van der Waals surface area contributed by atoms with Gasteiger partial charge in [0, 0.05) is 23.6 Å². The fraction of sp³-hybridized carbons (Fsp3) is 0.478. The molecule has 5 heteroatoms. The molecule has 1 amide bonds. The van der Waals surface area contributed by atoms with E-state index in [0.29, 0.717) is 22.8 Å². The van der Waals surface area contributed by atoms with Crippen molar-refractivity contribution >= 4 is 28.9 Å². The number of aromatic carboxylic acids is 1. The number of aryl methyl sites for hydroxylation is 1. The molecule has 1 saturated carbocycles. The average molecular weight is 398 g/mol. The molecule has 1 aromatic carbocycles. The standard InChI is InChI=1S/C23H27NO3S/c1-15-10-11-17(18-12-13-28-22(18)23(26)27)20(14-15)24-19(8-5-9-21(24)25)16-6-3-2-4-7-16/h10-14,16,19H,2-9H2,1H3,(H,26,27). The van der Waals surface area contributed by atoms with E-state index in [9.17, 15) is 14.7 Å². The Labute approximate surface area is 170 Å². The number of anilines is 1. The second kappa shape index (κ2) is 8.08. The summed E-state index contributed by atoms with van der Waals surface area (Å²) in [6.07, 6.45) is 8.74. The first-order valence-electron chi connectivity index (χ1n) is 10.3. The first-order chi connectivity index (χ1) is 13.6. The summed E-state index contributed by atoms with van der Waals surface area (Å²) in [7, 11) is 0. The highest BCUT2D eigenvalue weighted by Gasteiger charge is 2.36. The van der Waals surface area contributed by atoms with Crippen LogP contribution in [0.2, 0.25) is 0 Å². The van der Waals surface area contributed by atoms with Crippen LogP contribution in [0.4, 0.5) is 5.69 Å². The number of rotatable bonds is 4. The molecule has 0 spiro atoms. The minimum absolute atomic E-state index is 0.181. The largest absolute Gasteiger partial charge is 0.477 e. The number of amides is 1. The van der Waals surface area contributed by atoms with Crippen LogP contribution in [0.15, 0.2) is 29.6 Å². The van der Waals surface area contributed by atoms with Crippen LogP contribution in [0.1, 0.15) is 66.6 Å². The minimum Gasteiger partial charge on any atom is -0.477 e. The number of carboxylic acids is 1. The van der Waals surface area contributed by atoms with E-state index in [1.807, 2.05) is 35.4 Å². The Balaban J connectivity index is 1.81. The zero-order valence-electron chi connectivity index (χ0n) is 16.3. The van der Waals surface area contributed by atoms with Crippen molar-refractivity contribution in [2.45, 2.75) is 64.3 Å². The predicted molar refractivity (Wildman–Crippen MR) is 113 cm³/mol. The third-order valence-corrected chi connectivity index (χ3v) is 7.15. The molecule has 0 radical (unpaired) electrons. The molecule has 1 unspecified atom stereocenters. The van der Waals surface area contributed by atoms with Gasteiger partial charge in [-0.25, -0.2) is 4.79 Å². The Morgan fingerprint density at radius 3 is 2.61 bits per heavy atom. The maximum Gasteiger partial charge on any atom is 0.346 e. The Morgan fingerprint density at radius 1 is 1.07 bits per heavy atom. The summed E-state index contributed by atoms with van der Waals surface area (Å²) < 4.78 is 0. The van der Waals surface area contributed by atoms with Crippen LogP contribution in [0.3, 0.4) is 0 Å². The van der Waals surface area contributed by atoms with E-state index in [2.05, 4.69) is 6.07 Å². The van der Waals surface area contributed by atoms with Crippen LogP contribution in [0.25, 0.3) is 11.1 Å². The first-order valence-corrected chi connectivity index (χ1v) is 11.2. The molecular formula is C23H27NO3S. The maximum atomic E-state index is 13.1. The number of hydrogen-bond donors (Lipinski definition) is 1. The number of carboxylic acid groups (broad SMARTS) is 1. The second-order valence-electron chi connectivity index (χ2n) is 8.11. The van der Waals surface area contributed by atoms with Crippen LogP contribution in [-0.2, 0) is 4.79 Å². The van der Waals surface area contributed by atoms with Gasteiger partial charge < -0.3 is 10.0 Å². The van der Waals surface area contributed by atoms with E-state index >= 15 is 0 Å². The van der Waals surface area contributed by atoms with Gasteiger partial charge in [0.25, 0.3) is 0 Å². The molecule has 1 aliphatic carbocycles. The highest BCUT2D eigenvalue weighted by Crippen LogP contribution is 2.42. The van der Waals surface area contributed by atoms with Crippen molar-refractivity contribution < 1.29 is 14.7 Å². The van der Waals surface area contributed by atoms with E-state index in [-0.39, 0.29) is 11.9 Å². The van der Waals surface area contributed by atoms with E-state index < -0.39 is 5.97 Å². The van der Waals surface area contributed by atoms with Gasteiger partial charge in [-0.15, -0.1) is 11.3 Å². The molecule has 2 aromatic rings. The van der Waals surface area contributed by atoms with E-state index in [1.165, 1.54) is 43.4 Å². The lowest BCUT2D eigenvalue weighted by Crippen LogP contribution is -2.48. The number of nitrogens with zero attached hydrogens (tertiary/aromatic N) is 1. The summed E-state index contributed by atoms with van der Waals surface area (Å²) in [5.74, 6) is -0.182. The summed E-state index contributed by atoms with van der Waals surface area (Å²) in [6.45, 7) is 2.03. The molecule has 0 bridgehead atoms. The van der Waals surface area contributed by atoms with Crippen molar-refractivity contribution in [1.29, 1.82) is 0 Å². The topological polar surface area (TPSA) is 57.6 Å². The Morgan fingerprint density at radius 2 is 1.86 bits per heavy atom. The highest BCUT2D eigenvalue weighted by atomic mass is 32.1. The van der Waals surface area contributed by atoms with Crippen molar-refractivity contribution in [3.63, 3.8) is 0 Å². The lowest BCUT2D eigenvalue weighted by Gasteiger charge is -2.42. The summed E-state index contributed by atoms with van der Waals surface area (Å²) in [6, 6.07) is 8.16. The third kappa shape index (κ3) is 3.60. The summed E-state index contributed by atoms with van der Waals surface area (Å²) in [5.41, 5.74) is 3.56. The number of thiophene rings is 1. The Hall–Kier alpha value is -2.14. The van der Waals surface area contributed by atoms with Gasteiger partial charge >= 0.3 is 5.97 Å². The lowest BCUT2D eigenvalue weighted by molar-refractivity contribution is -0.120. The minimum atomic E-state index is -0.912. The monoisotopic (exact) mass is 397 g/mol. The van der Waals surface area contributed by atoms with Crippen molar-refractivity contribution in [2.75, 3.05) is 4.90 Å². The summed E-state index contributed by atoms with van der Waals surface area (Å²) in [4.78, 5) is 27.2. The lowest BCUT2D eigenvalue weighted by atomic mass is 9.79. The molecule has 148 valence electrons. The predicted octanol–water partition coefficient (Wildman–Crippen LogP) is 5.89. The second-order valence-corrected chi connectivity index (χ2v) is 9.03. The van der Waals surface area contributed by atoms with Crippen molar-refractivity contribution in [3.8, 4) is 11.1 Å². The number of benzene rings is 1. The van der Waals surface area contributed by atoms with E-state index in [1.54, 1.807) is 0 Å². The Kier molecular flexibility index (Phi) is 5.54. The molecule has 2 aliphatic rings. The molecule has 1 saturated heterocycles. The smallest absolute Gasteiger partial charge is 0.346 e. The van der Waals surface area contributed by atoms with Gasteiger partial charge in [-0.1, -0.05) is 31.4 Å². The third-order valence-electron chi connectivity index (χ3n) is 6.25. The molecular weight excluding hydrogens is 370 g/mol. The fourth-order valence-corrected chi connectivity index (χ4v) is 5.68. The summed E-state index contributed by atoms with van der Waals surface area (Å²) in [5, 5.41) is 11.4. The van der Waals surface area contributed by atoms with E-state index in [0.717, 1.165) is 29.7 Å². The van der Waals surface area contributed by atoms with Crippen molar-refractivity contribution in [3.05, 3.63) is 40.1 Å². The molecule has 28 heavy (non-hydrogen) atoms. The molecule has 1 aromatic heterocycles. The first kappa shape index (κ1) is 19.2. The van der Waals surface area contributed by atoms with Gasteiger partial charge in [-0.05, 0) is 61.6 Å².